The van der Waals surface area contributed by atoms with Crippen molar-refractivity contribution in [1.82, 2.24) is 9.88 Å². The first-order chi connectivity index (χ1) is 13.1. The number of anilines is 2. The Labute approximate surface area is 158 Å². The van der Waals surface area contributed by atoms with Gasteiger partial charge in [0.15, 0.2) is 0 Å². The van der Waals surface area contributed by atoms with Crippen molar-refractivity contribution in [3.05, 3.63) is 54.4 Å². The highest BCUT2D eigenvalue weighted by molar-refractivity contribution is 5.97. The second kappa shape index (κ2) is 9.14. The van der Waals surface area contributed by atoms with Gasteiger partial charge in [0.25, 0.3) is 0 Å². The number of hydrogen-bond donors (Lipinski definition) is 1. The van der Waals surface area contributed by atoms with Crippen molar-refractivity contribution in [3.8, 4) is 0 Å². The number of carbonyl (C=O) groups is 2. The number of ether oxygens (including phenoxy) is 1. The Morgan fingerprint density at radius 2 is 1.89 bits per heavy atom. The Morgan fingerprint density at radius 3 is 2.59 bits per heavy atom. The van der Waals surface area contributed by atoms with Crippen LogP contribution >= 0.6 is 0 Å². The molecule has 1 saturated heterocycles. The van der Waals surface area contributed by atoms with Crippen LogP contribution in [0.15, 0.2) is 48.7 Å². The van der Waals surface area contributed by atoms with Crippen LogP contribution in [0.25, 0.3) is 0 Å². The van der Waals surface area contributed by atoms with E-state index in [1.807, 2.05) is 42.5 Å². The lowest BCUT2D eigenvalue weighted by atomic mass is 10.2. The van der Waals surface area contributed by atoms with Crippen LogP contribution in [0.2, 0.25) is 0 Å². The molecule has 1 aliphatic heterocycles. The highest BCUT2D eigenvalue weighted by atomic mass is 16.5. The highest BCUT2D eigenvalue weighted by Gasteiger charge is 2.18. The minimum absolute atomic E-state index is 0.0245. The molecule has 1 N–H and O–H groups in total. The first-order valence-corrected chi connectivity index (χ1v) is 9.00. The summed E-state index contributed by atoms with van der Waals surface area (Å²) in [5.74, 6) is -0.404. The van der Waals surface area contributed by atoms with E-state index in [0.29, 0.717) is 19.8 Å². The molecule has 7 nitrogen and oxygen atoms in total. The SMILES string of the molecule is CC(=O)N(CC(=O)Nc1ccccc1N1CCOCC1)Cc1ccccn1. The van der Waals surface area contributed by atoms with Gasteiger partial charge in [0, 0.05) is 26.2 Å². The molecule has 27 heavy (non-hydrogen) atoms. The van der Waals surface area contributed by atoms with Gasteiger partial charge in [0.05, 0.1) is 36.8 Å². The van der Waals surface area contributed by atoms with Crippen LogP contribution in [0.3, 0.4) is 0 Å². The molecule has 0 radical (unpaired) electrons. The maximum atomic E-state index is 12.6. The Morgan fingerprint density at radius 1 is 1.15 bits per heavy atom. The van der Waals surface area contributed by atoms with Crippen molar-refractivity contribution < 1.29 is 14.3 Å². The van der Waals surface area contributed by atoms with Gasteiger partial charge in [-0.15, -0.1) is 0 Å². The number of carbonyl (C=O) groups excluding carboxylic acids is 2. The fourth-order valence-electron chi connectivity index (χ4n) is 2.99. The molecule has 0 aliphatic carbocycles. The summed E-state index contributed by atoms with van der Waals surface area (Å²) >= 11 is 0. The third-order valence-electron chi connectivity index (χ3n) is 4.39. The van der Waals surface area contributed by atoms with E-state index in [-0.39, 0.29) is 18.4 Å². The summed E-state index contributed by atoms with van der Waals surface area (Å²) in [5.41, 5.74) is 2.45. The molecule has 3 rings (SSSR count). The highest BCUT2D eigenvalue weighted by Crippen LogP contribution is 2.26. The lowest BCUT2D eigenvalue weighted by Crippen LogP contribution is -2.38. The quantitative estimate of drug-likeness (QED) is 0.843. The van der Waals surface area contributed by atoms with Gasteiger partial charge in [-0.1, -0.05) is 18.2 Å². The molecule has 0 bridgehead atoms. The summed E-state index contributed by atoms with van der Waals surface area (Å²) in [7, 11) is 0. The molecule has 0 spiro atoms. The van der Waals surface area contributed by atoms with Gasteiger partial charge in [-0.25, -0.2) is 0 Å². The van der Waals surface area contributed by atoms with E-state index in [2.05, 4.69) is 15.2 Å². The fourth-order valence-corrected chi connectivity index (χ4v) is 2.99. The summed E-state index contributed by atoms with van der Waals surface area (Å²) in [5, 5.41) is 2.94. The molecule has 1 aliphatic rings. The Balaban J connectivity index is 1.66. The first-order valence-electron chi connectivity index (χ1n) is 9.00. The molecule has 2 heterocycles. The number of amides is 2. The minimum atomic E-state index is -0.234. The molecular formula is C20H24N4O3. The Kier molecular flexibility index (Phi) is 6.38. The molecule has 2 aromatic rings. The summed E-state index contributed by atoms with van der Waals surface area (Å²) in [6.07, 6.45) is 1.67. The predicted octanol–water partition coefficient (Wildman–Crippen LogP) is 1.91. The molecule has 0 atom stereocenters. The number of benzene rings is 1. The van der Waals surface area contributed by atoms with Crippen molar-refractivity contribution in [3.63, 3.8) is 0 Å². The van der Waals surface area contributed by atoms with Crippen LogP contribution in [0.5, 0.6) is 0 Å². The van der Waals surface area contributed by atoms with Gasteiger partial charge < -0.3 is 19.9 Å². The smallest absolute Gasteiger partial charge is 0.244 e. The van der Waals surface area contributed by atoms with Gasteiger partial charge in [-0.05, 0) is 24.3 Å². The number of morpholine rings is 1. The molecule has 0 saturated carbocycles. The van der Waals surface area contributed by atoms with Crippen LogP contribution in [0.1, 0.15) is 12.6 Å². The monoisotopic (exact) mass is 368 g/mol. The van der Waals surface area contributed by atoms with Crippen LogP contribution in [-0.2, 0) is 20.9 Å². The molecule has 1 aromatic heterocycles. The summed E-state index contributed by atoms with van der Waals surface area (Å²) in [6, 6.07) is 13.2. The van der Waals surface area contributed by atoms with Crippen molar-refractivity contribution in [2.45, 2.75) is 13.5 Å². The lowest BCUT2D eigenvalue weighted by Gasteiger charge is -2.30. The van der Waals surface area contributed by atoms with Crippen molar-refractivity contribution in [2.24, 2.45) is 0 Å². The molecule has 0 unspecified atom stereocenters. The summed E-state index contributed by atoms with van der Waals surface area (Å²) < 4.78 is 5.40. The number of para-hydroxylation sites is 2. The Bertz CT molecular complexity index is 776. The Hall–Kier alpha value is -2.93. The molecule has 1 fully saturated rings. The fraction of sp³-hybridized carbons (Fsp3) is 0.350. The van der Waals surface area contributed by atoms with E-state index in [1.165, 1.54) is 11.8 Å². The zero-order valence-corrected chi connectivity index (χ0v) is 15.4. The number of nitrogens with one attached hydrogen (secondary N) is 1. The van der Waals surface area contributed by atoms with E-state index >= 15 is 0 Å². The standard InChI is InChI=1S/C20H24N4O3/c1-16(25)24(14-17-6-4-5-9-21-17)15-20(26)22-18-7-2-3-8-19(18)23-10-12-27-13-11-23/h2-9H,10-15H2,1H3,(H,22,26). The number of rotatable bonds is 6. The number of aromatic nitrogens is 1. The number of hydrogen-bond acceptors (Lipinski definition) is 5. The third kappa shape index (κ3) is 5.27. The first kappa shape index (κ1) is 18.8. The second-order valence-corrected chi connectivity index (χ2v) is 6.36. The van der Waals surface area contributed by atoms with E-state index in [1.54, 1.807) is 6.20 Å². The summed E-state index contributed by atoms with van der Waals surface area (Å²) in [6.45, 7) is 4.64. The van der Waals surface area contributed by atoms with E-state index < -0.39 is 0 Å². The van der Waals surface area contributed by atoms with E-state index in [0.717, 1.165) is 30.2 Å². The van der Waals surface area contributed by atoms with Crippen LogP contribution in [0, 0.1) is 0 Å². The van der Waals surface area contributed by atoms with Gasteiger partial charge >= 0.3 is 0 Å². The molecule has 7 heteroatoms. The van der Waals surface area contributed by atoms with E-state index in [4.69, 9.17) is 4.74 Å². The molecule has 1 aromatic carbocycles. The topological polar surface area (TPSA) is 74.8 Å². The molecule has 142 valence electrons. The zero-order chi connectivity index (χ0) is 19.1. The average molecular weight is 368 g/mol. The molecular weight excluding hydrogens is 344 g/mol. The second-order valence-electron chi connectivity index (χ2n) is 6.36. The maximum absolute atomic E-state index is 12.6. The van der Waals surface area contributed by atoms with E-state index in [9.17, 15) is 9.59 Å². The van der Waals surface area contributed by atoms with Crippen LogP contribution < -0.4 is 10.2 Å². The average Bonchev–Trinajstić information content (AvgIpc) is 2.69. The lowest BCUT2D eigenvalue weighted by molar-refractivity contribution is -0.133. The molecule has 2 amide bonds. The largest absolute Gasteiger partial charge is 0.378 e. The normalized spacial score (nSPS) is 13.9. The summed E-state index contributed by atoms with van der Waals surface area (Å²) in [4.78, 5) is 32.4. The minimum Gasteiger partial charge on any atom is -0.378 e. The zero-order valence-electron chi connectivity index (χ0n) is 15.4. The number of pyridine rings is 1. The van der Waals surface area contributed by atoms with Gasteiger partial charge in [0.1, 0.15) is 6.54 Å². The predicted molar refractivity (Wildman–Crippen MR) is 103 cm³/mol. The van der Waals surface area contributed by atoms with Gasteiger partial charge in [-0.3, -0.25) is 14.6 Å². The maximum Gasteiger partial charge on any atom is 0.244 e. The van der Waals surface area contributed by atoms with Crippen molar-refractivity contribution >= 4 is 23.2 Å². The van der Waals surface area contributed by atoms with Gasteiger partial charge in [0.2, 0.25) is 11.8 Å². The van der Waals surface area contributed by atoms with Crippen LogP contribution in [-0.4, -0.2) is 54.5 Å². The van der Waals surface area contributed by atoms with Crippen molar-refractivity contribution in [2.75, 3.05) is 43.1 Å². The van der Waals surface area contributed by atoms with Crippen LogP contribution in [0.4, 0.5) is 11.4 Å². The third-order valence-corrected chi connectivity index (χ3v) is 4.39. The van der Waals surface area contributed by atoms with Crippen molar-refractivity contribution in [1.29, 1.82) is 0 Å². The van der Waals surface area contributed by atoms with Gasteiger partial charge in [-0.2, -0.15) is 0 Å². The number of nitrogens with zero attached hydrogens (tertiary/aromatic N) is 3.